The first-order chi connectivity index (χ1) is 6.43. The van der Waals surface area contributed by atoms with E-state index in [2.05, 4.69) is 16.5 Å². The molecule has 0 saturated carbocycles. The lowest BCUT2D eigenvalue weighted by Gasteiger charge is -2.09. The SMILES string of the molecule is C=CC(N)=O.CC(CN)COS(=O)[O-]. The Labute approximate surface area is 85.8 Å². The van der Waals surface area contributed by atoms with Crippen molar-refractivity contribution in [2.24, 2.45) is 17.4 Å². The molecular weight excluding hydrogens is 208 g/mol. The first kappa shape index (κ1) is 15.7. The molecule has 6 nitrogen and oxygen atoms in total. The van der Waals surface area contributed by atoms with Crippen molar-refractivity contribution in [3.63, 3.8) is 0 Å². The lowest BCUT2D eigenvalue weighted by molar-refractivity contribution is -0.113. The van der Waals surface area contributed by atoms with Gasteiger partial charge in [0.25, 0.3) is 0 Å². The molecule has 0 saturated heterocycles. The average molecular weight is 223 g/mol. The molecule has 0 spiro atoms. The quantitative estimate of drug-likeness (QED) is 0.460. The molecule has 14 heavy (non-hydrogen) atoms. The largest absolute Gasteiger partial charge is 0.750 e. The maximum atomic E-state index is 9.76. The molecule has 0 rings (SSSR count). The van der Waals surface area contributed by atoms with E-state index in [0.717, 1.165) is 6.08 Å². The topological polar surface area (TPSA) is 118 Å². The van der Waals surface area contributed by atoms with E-state index in [9.17, 15) is 13.6 Å². The molecule has 2 atom stereocenters. The first-order valence-corrected chi connectivity index (χ1v) is 4.78. The van der Waals surface area contributed by atoms with Crippen LogP contribution in [-0.4, -0.2) is 27.8 Å². The number of nitrogens with two attached hydrogens (primary N) is 2. The summed E-state index contributed by atoms with van der Waals surface area (Å²) >= 11 is -2.39. The number of amides is 1. The lowest BCUT2D eigenvalue weighted by Crippen LogP contribution is -2.17. The molecule has 0 aliphatic heterocycles. The highest BCUT2D eigenvalue weighted by Crippen LogP contribution is 1.92. The number of carbonyl (C=O) groups is 1. The summed E-state index contributed by atoms with van der Waals surface area (Å²) in [6.07, 6.45) is 1.06. The molecular formula is C7H15N2O4S-. The van der Waals surface area contributed by atoms with Crippen molar-refractivity contribution in [2.75, 3.05) is 13.2 Å². The van der Waals surface area contributed by atoms with E-state index >= 15 is 0 Å². The Morgan fingerprint density at radius 3 is 2.43 bits per heavy atom. The summed E-state index contributed by atoms with van der Waals surface area (Å²) in [4.78, 5) is 9.47. The van der Waals surface area contributed by atoms with Gasteiger partial charge in [-0.25, -0.2) is 4.21 Å². The highest BCUT2D eigenvalue weighted by molar-refractivity contribution is 7.74. The molecule has 0 aromatic carbocycles. The summed E-state index contributed by atoms with van der Waals surface area (Å²) in [6, 6.07) is 0. The summed E-state index contributed by atoms with van der Waals surface area (Å²) < 4.78 is 23.7. The van der Waals surface area contributed by atoms with Crippen LogP contribution in [0.15, 0.2) is 12.7 Å². The van der Waals surface area contributed by atoms with Crippen molar-refractivity contribution in [1.29, 1.82) is 0 Å². The second-order valence-corrected chi connectivity index (χ2v) is 3.08. The molecule has 84 valence electrons. The van der Waals surface area contributed by atoms with Crippen LogP contribution >= 0.6 is 0 Å². The van der Waals surface area contributed by atoms with Crippen LogP contribution in [0.2, 0.25) is 0 Å². The van der Waals surface area contributed by atoms with Crippen molar-refractivity contribution in [3.8, 4) is 0 Å². The van der Waals surface area contributed by atoms with E-state index in [-0.39, 0.29) is 12.5 Å². The van der Waals surface area contributed by atoms with Crippen LogP contribution in [-0.2, 0) is 20.3 Å². The maximum absolute atomic E-state index is 9.76. The third-order valence-electron chi connectivity index (χ3n) is 1.05. The van der Waals surface area contributed by atoms with Crippen molar-refractivity contribution in [3.05, 3.63) is 12.7 Å². The molecule has 0 aromatic rings. The fourth-order valence-electron chi connectivity index (χ4n) is 0.240. The third-order valence-corrected chi connectivity index (χ3v) is 1.38. The predicted octanol–water partition coefficient (Wildman–Crippen LogP) is -0.950. The van der Waals surface area contributed by atoms with Crippen LogP contribution < -0.4 is 11.5 Å². The summed E-state index contributed by atoms with van der Waals surface area (Å²) in [7, 11) is 0. The first-order valence-electron chi connectivity index (χ1n) is 3.78. The zero-order valence-corrected chi connectivity index (χ0v) is 8.79. The number of rotatable bonds is 5. The van der Waals surface area contributed by atoms with Crippen LogP contribution in [0.3, 0.4) is 0 Å². The summed E-state index contributed by atoms with van der Waals surface area (Å²) in [5.41, 5.74) is 9.71. The van der Waals surface area contributed by atoms with E-state index in [1.54, 1.807) is 0 Å². The number of hydrogen-bond acceptors (Lipinski definition) is 5. The Kier molecular flexibility index (Phi) is 11.6. The van der Waals surface area contributed by atoms with E-state index in [1.807, 2.05) is 6.92 Å². The smallest absolute Gasteiger partial charge is 0.240 e. The highest BCUT2D eigenvalue weighted by atomic mass is 32.2. The zero-order valence-electron chi connectivity index (χ0n) is 7.97. The minimum absolute atomic E-state index is 0.0999. The molecule has 0 radical (unpaired) electrons. The Bertz CT molecular complexity index is 198. The third kappa shape index (κ3) is 17.4. The van der Waals surface area contributed by atoms with Gasteiger partial charge in [-0.3, -0.25) is 4.79 Å². The minimum atomic E-state index is -2.39. The molecule has 2 unspecified atom stereocenters. The summed E-state index contributed by atoms with van der Waals surface area (Å²) in [5, 5.41) is 0. The van der Waals surface area contributed by atoms with Gasteiger partial charge in [-0.1, -0.05) is 13.5 Å². The van der Waals surface area contributed by atoms with Crippen LogP contribution in [0, 0.1) is 5.92 Å². The molecule has 1 amide bonds. The highest BCUT2D eigenvalue weighted by Gasteiger charge is 1.97. The van der Waals surface area contributed by atoms with Crippen molar-refractivity contribution < 1.29 is 17.7 Å². The number of carbonyl (C=O) groups excluding carboxylic acids is 1. The van der Waals surface area contributed by atoms with E-state index in [0.29, 0.717) is 6.54 Å². The van der Waals surface area contributed by atoms with Gasteiger partial charge in [-0.15, -0.1) is 0 Å². The Balaban J connectivity index is 0. The normalized spacial score (nSPS) is 13.4. The molecule has 0 aliphatic carbocycles. The van der Waals surface area contributed by atoms with Crippen molar-refractivity contribution in [2.45, 2.75) is 6.92 Å². The summed E-state index contributed by atoms with van der Waals surface area (Å²) in [5.74, 6) is -0.382. The van der Waals surface area contributed by atoms with Crippen LogP contribution in [0.1, 0.15) is 6.92 Å². The second kappa shape index (κ2) is 10.3. The van der Waals surface area contributed by atoms with E-state index in [1.165, 1.54) is 0 Å². The van der Waals surface area contributed by atoms with E-state index in [4.69, 9.17) is 5.73 Å². The van der Waals surface area contributed by atoms with E-state index < -0.39 is 17.3 Å². The standard InChI is InChI=1S/C4H11NO3S.C3H5NO/c1-4(2-5)3-8-9(6)7;1-2-3(4)5/h4H,2-3,5H2,1H3,(H,6,7);2H,1H2,(H2,4,5)/p-1. The molecule has 7 heteroatoms. The predicted molar refractivity (Wildman–Crippen MR) is 52.5 cm³/mol. The molecule has 4 N–H and O–H groups in total. The Morgan fingerprint density at radius 1 is 1.79 bits per heavy atom. The molecule has 0 heterocycles. The van der Waals surface area contributed by atoms with Gasteiger partial charge in [0.2, 0.25) is 5.91 Å². The van der Waals surface area contributed by atoms with Gasteiger partial charge in [0.05, 0.1) is 18.0 Å². The van der Waals surface area contributed by atoms with Gasteiger partial charge in [-0.05, 0) is 18.5 Å². The van der Waals surface area contributed by atoms with Gasteiger partial charge in [0.15, 0.2) is 0 Å². The molecule has 0 aromatic heterocycles. The fraction of sp³-hybridized carbons (Fsp3) is 0.571. The zero-order chi connectivity index (χ0) is 11.6. The number of primary amides is 1. The van der Waals surface area contributed by atoms with Gasteiger partial charge in [0, 0.05) is 0 Å². The van der Waals surface area contributed by atoms with Crippen molar-refractivity contribution in [1.82, 2.24) is 0 Å². The maximum Gasteiger partial charge on any atom is 0.240 e. The van der Waals surface area contributed by atoms with Gasteiger partial charge < -0.3 is 20.2 Å². The molecule has 0 bridgehead atoms. The average Bonchev–Trinajstić information content (AvgIpc) is 2.14. The van der Waals surface area contributed by atoms with Crippen LogP contribution in [0.5, 0.6) is 0 Å². The Morgan fingerprint density at radius 2 is 2.21 bits per heavy atom. The van der Waals surface area contributed by atoms with Gasteiger partial charge in [0.1, 0.15) is 0 Å². The molecule has 0 fully saturated rings. The Hall–Kier alpha value is -0.760. The number of hydrogen-bond donors (Lipinski definition) is 2. The monoisotopic (exact) mass is 223 g/mol. The van der Waals surface area contributed by atoms with Crippen LogP contribution in [0.4, 0.5) is 0 Å². The second-order valence-electron chi connectivity index (χ2n) is 2.44. The van der Waals surface area contributed by atoms with Gasteiger partial charge in [-0.2, -0.15) is 0 Å². The van der Waals surface area contributed by atoms with Crippen molar-refractivity contribution >= 4 is 17.3 Å². The lowest BCUT2D eigenvalue weighted by atomic mass is 10.2. The minimum Gasteiger partial charge on any atom is -0.750 e. The van der Waals surface area contributed by atoms with Gasteiger partial charge >= 0.3 is 0 Å². The van der Waals surface area contributed by atoms with Crippen LogP contribution in [0.25, 0.3) is 0 Å². The fourth-order valence-corrected chi connectivity index (χ4v) is 0.583. The molecule has 0 aliphatic rings. The summed E-state index contributed by atoms with van der Waals surface area (Å²) in [6.45, 7) is 5.51.